The first-order chi connectivity index (χ1) is 8.75. The molecule has 112 valence electrons. The van der Waals surface area contributed by atoms with Crippen LogP contribution < -0.4 is 5.32 Å². The Labute approximate surface area is 121 Å². The molecule has 0 aliphatic carbocycles. The van der Waals surface area contributed by atoms with Crippen molar-refractivity contribution in [3.63, 3.8) is 0 Å². The summed E-state index contributed by atoms with van der Waals surface area (Å²) in [7, 11) is 0. The number of carboxylic acid groups (broad SMARTS) is 1. The lowest BCUT2D eigenvalue weighted by molar-refractivity contribution is -0.149. The van der Waals surface area contributed by atoms with E-state index in [1.165, 1.54) is 0 Å². The zero-order valence-corrected chi connectivity index (χ0v) is 13.8. The smallest absolute Gasteiger partial charge is 0.310 e. The van der Waals surface area contributed by atoms with E-state index in [1.807, 2.05) is 25.6 Å². The monoisotopic (exact) mass is 287 g/mol. The predicted molar refractivity (Wildman–Crippen MR) is 82.8 cm³/mol. The van der Waals surface area contributed by atoms with Gasteiger partial charge in [-0.15, -0.1) is 0 Å². The number of carboxylic acids is 1. The molecule has 1 fully saturated rings. The number of hydrogen-bond donors (Lipinski definition) is 2. The fourth-order valence-electron chi connectivity index (χ4n) is 2.59. The molecule has 0 aromatic heterocycles. The molecule has 2 atom stereocenters. The Kier molecular flexibility index (Phi) is 5.75. The number of hydrogen-bond acceptors (Lipinski definition) is 3. The summed E-state index contributed by atoms with van der Waals surface area (Å²) < 4.78 is 0. The van der Waals surface area contributed by atoms with Crippen LogP contribution in [0.5, 0.6) is 0 Å². The summed E-state index contributed by atoms with van der Waals surface area (Å²) in [5.41, 5.74) is -0.259. The highest BCUT2D eigenvalue weighted by molar-refractivity contribution is 8.00. The van der Waals surface area contributed by atoms with E-state index in [9.17, 15) is 9.90 Å². The number of aliphatic carboxylic acids is 1. The van der Waals surface area contributed by atoms with Gasteiger partial charge in [-0.2, -0.15) is 11.8 Å². The second kappa shape index (κ2) is 6.49. The molecule has 1 aliphatic heterocycles. The van der Waals surface area contributed by atoms with Crippen molar-refractivity contribution in [2.75, 3.05) is 12.3 Å². The Morgan fingerprint density at radius 1 is 1.32 bits per heavy atom. The molecule has 1 heterocycles. The van der Waals surface area contributed by atoms with Gasteiger partial charge in [0.2, 0.25) is 0 Å². The fraction of sp³-hybridized carbons (Fsp3) is 0.933. The van der Waals surface area contributed by atoms with Crippen molar-refractivity contribution < 1.29 is 9.90 Å². The molecule has 0 aromatic carbocycles. The first-order valence-electron chi connectivity index (χ1n) is 7.33. The van der Waals surface area contributed by atoms with Crippen molar-refractivity contribution in [1.29, 1.82) is 0 Å². The normalized spacial score (nSPS) is 24.7. The molecule has 0 spiro atoms. The van der Waals surface area contributed by atoms with E-state index in [-0.39, 0.29) is 0 Å². The third-order valence-corrected chi connectivity index (χ3v) is 6.40. The molecule has 1 aliphatic rings. The number of thioether (sulfide) groups is 1. The molecule has 2 unspecified atom stereocenters. The van der Waals surface area contributed by atoms with E-state index in [2.05, 4.69) is 26.1 Å². The van der Waals surface area contributed by atoms with Crippen molar-refractivity contribution in [3.8, 4) is 0 Å². The highest BCUT2D eigenvalue weighted by Gasteiger charge is 2.38. The Hall–Kier alpha value is -0.220. The minimum Gasteiger partial charge on any atom is -0.481 e. The van der Waals surface area contributed by atoms with Crippen LogP contribution in [-0.4, -0.2) is 34.7 Å². The number of nitrogens with one attached hydrogen (secondary N) is 1. The third-order valence-electron chi connectivity index (χ3n) is 4.50. The third kappa shape index (κ3) is 4.12. The summed E-state index contributed by atoms with van der Waals surface area (Å²) in [5.74, 6) is 0.438. The van der Waals surface area contributed by atoms with E-state index in [1.54, 1.807) is 0 Å². The van der Waals surface area contributed by atoms with Gasteiger partial charge in [0, 0.05) is 23.6 Å². The maximum Gasteiger partial charge on any atom is 0.310 e. The van der Waals surface area contributed by atoms with Gasteiger partial charge in [0.25, 0.3) is 0 Å². The Balaban J connectivity index is 2.52. The first-order valence-corrected chi connectivity index (χ1v) is 8.38. The minimum absolute atomic E-state index is 0.334. The summed E-state index contributed by atoms with van der Waals surface area (Å²) in [6.07, 6.45) is 2.53. The van der Waals surface area contributed by atoms with Crippen molar-refractivity contribution in [1.82, 2.24) is 5.32 Å². The molecule has 4 heteroatoms. The van der Waals surface area contributed by atoms with Gasteiger partial charge in [-0.05, 0) is 24.7 Å². The molecular formula is C15H29NO2S. The van der Waals surface area contributed by atoms with Gasteiger partial charge in [0.15, 0.2) is 0 Å². The molecule has 0 amide bonds. The molecular weight excluding hydrogens is 258 g/mol. The van der Waals surface area contributed by atoms with Crippen LogP contribution in [-0.2, 0) is 4.79 Å². The molecule has 1 rings (SSSR count). The summed E-state index contributed by atoms with van der Waals surface area (Å²) in [6, 6.07) is 0.464. The van der Waals surface area contributed by atoms with E-state index >= 15 is 0 Å². The molecule has 1 saturated heterocycles. The summed E-state index contributed by atoms with van der Waals surface area (Å²) in [4.78, 5) is 11.5. The maximum absolute atomic E-state index is 11.5. The largest absolute Gasteiger partial charge is 0.481 e. The van der Waals surface area contributed by atoms with E-state index < -0.39 is 11.4 Å². The van der Waals surface area contributed by atoms with Crippen LogP contribution in [0.1, 0.15) is 53.9 Å². The minimum atomic E-state index is -0.664. The molecule has 0 aromatic rings. The fourth-order valence-corrected chi connectivity index (χ4v) is 4.18. The lowest BCUT2D eigenvalue weighted by Gasteiger charge is -2.29. The van der Waals surface area contributed by atoms with Crippen LogP contribution in [0, 0.1) is 10.8 Å². The second-order valence-corrected chi connectivity index (χ2v) is 8.03. The standard InChI is InChI=1S/C15H29NO2S/c1-6-15(7-2,13(17)18)10-16-11-8-12(19-9-11)14(3,4)5/h11-12,16H,6-10H2,1-5H3,(H,17,18). The second-order valence-electron chi connectivity index (χ2n) is 6.79. The molecule has 0 radical (unpaired) electrons. The molecule has 0 bridgehead atoms. The van der Waals surface area contributed by atoms with Crippen LogP contribution >= 0.6 is 11.8 Å². The molecule has 2 N–H and O–H groups in total. The first kappa shape index (κ1) is 16.8. The quantitative estimate of drug-likeness (QED) is 0.786. The van der Waals surface area contributed by atoms with Crippen molar-refractivity contribution in [3.05, 3.63) is 0 Å². The molecule has 19 heavy (non-hydrogen) atoms. The molecule has 3 nitrogen and oxygen atoms in total. The van der Waals surface area contributed by atoms with Crippen molar-refractivity contribution in [2.45, 2.75) is 65.2 Å². The van der Waals surface area contributed by atoms with Crippen LogP contribution in [0.15, 0.2) is 0 Å². The summed E-state index contributed by atoms with van der Waals surface area (Å²) in [5, 5.41) is 13.6. The summed E-state index contributed by atoms with van der Waals surface area (Å²) >= 11 is 2.02. The van der Waals surface area contributed by atoms with Gasteiger partial charge in [0.05, 0.1) is 5.41 Å². The molecule has 0 saturated carbocycles. The van der Waals surface area contributed by atoms with Crippen LogP contribution in [0.4, 0.5) is 0 Å². The average molecular weight is 287 g/mol. The lowest BCUT2D eigenvalue weighted by Crippen LogP contribution is -2.44. The van der Waals surface area contributed by atoms with Gasteiger partial charge >= 0.3 is 5.97 Å². The lowest BCUT2D eigenvalue weighted by atomic mass is 9.82. The zero-order valence-electron chi connectivity index (χ0n) is 13.0. The maximum atomic E-state index is 11.5. The van der Waals surface area contributed by atoms with Gasteiger partial charge in [-0.3, -0.25) is 4.79 Å². The van der Waals surface area contributed by atoms with Gasteiger partial charge in [0.1, 0.15) is 0 Å². The Bertz CT molecular complexity index is 308. The highest BCUT2D eigenvalue weighted by atomic mass is 32.2. The van der Waals surface area contributed by atoms with E-state index in [0.717, 1.165) is 12.2 Å². The van der Waals surface area contributed by atoms with Gasteiger partial charge < -0.3 is 10.4 Å². The Morgan fingerprint density at radius 3 is 2.26 bits per heavy atom. The zero-order chi connectivity index (χ0) is 14.7. The average Bonchev–Trinajstić information content (AvgIpc) is 2.79. The van der Waals surface area contributed by atoms with E-state index in [0.29, 0.717) is 36.1 Å². The SMILES string of the molecule is CCC(CC)(CNC1CSC(C(C)(C)C)C1)C(=O)O. The number of carbonyl (C=O) groups is 1. The highest BCUT2D eigenvalue weighted by Crippen LogP contribution is 2.39. The predicted octanol–water partition coefficient (Wildman–Crippen LogP) is 3.39. The van der Waals surface area contributed by atoms with Crippen molar-refractivity contribution >= 4 is 17.7 Å². The number of rotatable bonds is 6. The summed E-state index contributed by atoms with van der Waals surface area (Å²) in [6.45, 7) is 11.4. The van der Waals surface area contributed by atoms with E-state index in [4.69, 9.17) is 0 Å². The van der Waals surface area contributed by atoms with Crippen molar-refractivity contribution in [2.24, 2.45) is 10.8 Å². The van der Waals surface area contributed by atoms with Crippen LogP contribution in [0.25, 0.3) is 0 Å². The topological polar surface area (TPSA) is 49.3 Å². The van der Waals surface area contributed by atoms with Gasteiger partial charge in [-0.25, -0.2) is 0 Å². The van der Waals surface area contributed by atoms with Gasteiger partial charge in [-0.1, -0.05) is 34.6 Å². The Morgan fingerprint density at radius 2 is 1.89 bits per heavy atom. The van der Waals surface area contributed by atoms with Crippen LogP contribution in [0.3, 0.4) is 0 Å². The van der Waals surface area contributed by atoms with Crippen LogP contribution in [0.2, 0.25) is 0 Å².